The summed E-state index contributed by atoms with van der Waals surface area (Å²) in [6.07, 6.45) is 1.30. The van der Waals surface area contributed by atoms with Crippen LogP contribution in [0.25, 0.3) is 0 Å². The van der Waals surface area contributed by atoms with Crippen LogP contribution in [0.5, 0.6) is 5.75 Å². The van der Waals surface area contributed by atoms with Crippen LogP contribution in [0, 0.1) is 0 Å². The normalized spacial score (nSPS) is 16.7. The molecule has 2 rings (SSSR count). The lowest BCUT2D eigenvalue weighted by Gasteiger charge is -2.36. The van der Waals surface area contributed by atoms with E-state index in [0.29, 0.717) is 6.42 Å². The molecule has 0 radical (unpaired) electrons. The monoisotopic (exact) mass is 291 g/mol. The molecule has 0 saturated carbocycles. The Balaban J connectivity index is 1.86. The number of methoxy groups -OCH3 is 1. The largest absolute Gasteiger partial charge is 0.497 e. The second-order valence-corrected chi connectivity index (χ2v) is 5.44. The van der Waals surface area contributed by atoms with Gasteiger partial charge in [-0.15, -0.1) is 0 Å². The van der Waals surface area contributed by atoms with Crippen molar-refractivity contribution in [2.75, 3.05) is 38.2 Å². The van der Waals surface area contributed by atoms with E-state index >= 15 is 0 Å². The van der Waals surface area contributed by atoms with Gasteiger partial charge in [0.15, 0.2) is 0 Å². The van der Waals surface area contributed by atoms with E-state index in [2.05, 4.69) is 17.0 Å². The van der Waals surface area contributed by atoms with Gasteiger partial charge in [0.1, 0.15) is 5.75 Å². The summed E-state index contributed by atoms with van der Waals surface area (Å²) in [6.45, 7) is 5.26. The SMILES string of the molecule is CCC(N)CC(=O)N1CCN(c2ccc(OC)cc2)CC1. The molecule has 21 heavy (non-hydrogen) atoms. The molecule has 0 aromatic heterocycles. The molecule has 5 heteroatoms. The summed E-state index contributed by atoms with van der Waals surface area (Å²) in [6, 6.07) is 8.03. The van der Waals surface area contributed by atoms with Crippen molar-refractivity contribution in [1.29, 1.82) is 0 Å². The van der Waals surface area contributed by atoms with E-state index in [1.54, 1.807) is 7.11 Å². The Bertz CT molecular complexity index is 453. The predicted molar refractivity (Wildman–Crippen MR) is 84.7 cm³/mol. The minimum Gasteiger partial charge on any atom is -0.497 e. The number of hydrogen-bond donors (Lipinski definition) is 1. The minimum atomic E-state index is -0.0166. The van der Waals surface area contributed by atoms with Gasteiger partial charge in [0.25, 0.3) is 0 Å². The van der Waals surface area contributed by atoms with Crippen molar-refractivity contribution in [3.8, 4) is 5.75 Å². The van der Waals surface area contributed by atoms with Crippen molar-refractivity contribution >= 4 is 11.6 Å². The molecular weight excluding hydrogens is 266 g/mol. The maximum Gasteiger partial charge on any atom is 0.224 e. The molecule has 1 aromatic carbocycles. The van der Waals surface area contributed by atoms with Gasteiger partial charge in [0.05, 0.1) is 7.11 Å². The molecule has 1 fully saturated rings. The number of anilines is 1. The van der Waals surface area contributed by atoms with E-state index < -0.39 is 0 Å². The Kier molecular flexibility index (Phi) is 5.44. The van der Waals surface area contributed by atoms with Crippen molar-refractivity contribution in [3.63, 3.8) is 0 Å². The van der Waals surface area contributed by atoms with Gasteiger partial charge >= 0.3 is 0 Å². The fourth-order valence-corrected chi connectivity index (χ4v) is 2.50. The zero-order valence-corrected chi connectivity index (χ0v) is 12.9. The van der Waals surface area contributed by atoms with Crippen molar-refractivity contribution in [3.05, 3.63) is 24.3 Å². The number of amides is 1. The summed E-state index contributed by atoms with van der Waals surface area (Å²) in [4.78, 5) is 16.3. The molecule has 116 valence electrons. The molecule has 0 aliphatic carbocycles. The van der Waals surface area contributed by atoms with Gasteiger partial charge in [-0.25, -0.2) is 0 Å². The summed E-state index contributed by atoms with van der Waals surface area (Å²) >= 11 is 0. The van der Waals surface area contributed by atoms with Gasteiger partial charge < -0.3 is 20.3 Å². The Labute approximate surface area is 126 Å². The van der Waals surface area contributed by atoms with E-state index in [4.69, 9.17) is 10.5 Å². The summed E-state index contributed by atoms with van der Waals surface area (Å²) < 4.78 is 5.17. The molecule has 1 aliphatic rings. The highest BCUT2D eigenvalue weighted by atomic mass is 16.5. The van der Waals surface area contributed by atoms with Gasteiger partial charge in [-0.3, -0.25) is 4.79 Å². The topological polar surface area (TPSA) is 58.8 Å². The number of benzene rings is 1. The lowest BCUT2D eigenvalue weighted by Crippen LogP contribution is -2.49. The minimum absolute atomic E-state index is 0.0166. The molecule has 1 heterocycles. The molecule has 1 atom stereocenters. The molecule has 1 saturated heterocycles. The maximum absolute atomic E-state index is 12.1. The average Bonchev–Trinajstić information content (AvgIpc) is 2.55. The molecular formula is C16H25N3O2. The maximum atomic E-state index is 12.1. The third-order valence-corrected chi connectivity index (χ3v) is 4.03. The van der Waals surface area contributed by atoms with Gasteiger partial charge in [-0.2, -0.15) is 0 Å². The van der Waals surface area contributed by atoms with E-state index in [1.807, 2.05) is 24.0 Å². The highest BCUT2D eigenvalue weighted by molar-refractivity contribution is 5.77. The van der Waals surface area contributed by atoms with Gasteiger partial charge in [0.2, 0.25) is 5.91 Å². The van der Waals surface area contributed by atoms with Crippen LogP contribution < -0.4 is 15.4 Å². The first-order valence-corrected chi connectivity index (χ1v) is 7.56. The van der Waals surface area contributed by atoms with Crippen LogP contribution in [0.2, 0.25) is 0 Å². The number of carbonyl (C=O) groups is 1. The fraction of sp³-hybridized carbons (Fsp3) is 0.562. The quantitative estimate of drug-likeness (QED) is 0.892. The first-order valence-electron chi connectivity index (χ1n) is 7.56. The molecule has 1 aliphatic heterocycles. The molecule has 1 unspecified atom stereocenters. The van der Waals surface area contributed by atoms with Crippen molar-refractivity contribution < 1.29 is 9.53 Å². The summed E-state index contributed by atoms with van der Waals surface area (Å²) in [5.74, 6) is 1.04. The number of piperazine rings is 1. The second kappa shape index (κ2) is 7.31. The first-order chi connectivity index (χ1) is 10.1. The molecule has 0 bridgehead atoms. The molecule has 5 nitrogen and oxygen atoms in total. The van der Waals surface area contributed by atoms with E-state index in [1.165, 1.54) is 5.69 Å². The number of rotatable bonds is 5. The zero-order chi connectivity index (χ0) is 15.2. The lowest BCUT2D eigenvalue weighted by molar-refractivity contribution is -0.131. The smallest absolute Gasteiger partial charge is 0.224 e. The summed E-state index contributed by atoms with van der Waals surface area (Å²) in [5, 5.41) is 0. The van der Waals surface area contributed by atoms with Crippen LogP contribution >= 0.6 is 0 Å². The van der Waals surface area contributed by atoms with Crippen LogP contribution in [-0.2, 0) is 4.79 Å². The van der Waals surface area contributed by atoms with E-state index in [-0.39, 0.29) is 11.9 Å². The number of nitrogens with zero attached hydrogens (tertiary/aromatic N) is 2. The van der Waals surface area contributed by atoms with Crippen molar-refractivity contribution in [2.45, 2.75) is 25.8 Å². The molecule has 0 spiro atoms. The van der Waals surface area contributed by atoms with Crippen LogP contribution in [0.15, 0.2) is 24.3 Å². The molecule has 2 N–H and O–H groups in total. The highest BCUT2D eigenvalue weighted by Crippen LogP contribution is 2.20. The summed E-state index contributed by atoms with van der Waals surface area (Å²) in [7, 11) is 1.67. The Morgan fingerprint density at radius 2 is 1.86 bits per heavy atom. The summed E-state index contributed by atoms with van der Waals surface area (Å²) in [5.41, 5.74) is 7.03. The van der Waals surface area contributed by atoms with E-state index in [9.17, 15) is 4.79 Å². The number of hydrogen-bond acceptors (Lipinski definition) is 4. The predicted octanol–water partition coefficient (Wildman–Crippen LogP) is 1.47. The first kappa shape index (κ1) is 15.6. The Morgan fingerprint density at radius 3 is 2.38 bits per heavy atom. The standard InChI is InChI=1S/C16H25N3O2/c1-3-13(17)12-16(20)19-10-8-18(9-11-19)14-4-6-15(21-2)7-5-14/h4-7,13H,3,8-12,17H2,1-2H3. The van der Waals surface area contributed by atoms with Crippen LogP contribution in [0.1, 0.15) is 19.8 Å². The Morgan fingerprint density at radius 1 is 1.24 bits per heavy atom. The Hall–Kier alpha value is -1.75. The van der Waals surface area contributed by atoms with Crippen LogP contribution in [0.4, 0.5) is 5.69 Å². The number of ether oxygens (including phenoxy) is 1. The molecule has 1 aromatic rings. The third kappa shape index (κ3) is 4.11. The van der Waals surface area contributed by atoms with E-state index in [0.717, 1.165) is 38.3 Å². The molecule has 1 amide bonds. The zero-order valence-electron chi connectivity index (χ0n) is 12.9. The van der Waals surface area contributed by atoms with Crippen LogP contribution in [0.3, 0.4) is 0 Å². The lowest BCUT2D eigenvalue weighted by atomic mass is 10.1. The van der Waals surface area contributed by atoms with Crippen molar-refractivity contribution in [1.82, 2.24) is 4.90 Å². The second-order valence-electron chi connectivity index (χ2n) is 5.44. The van der Waals surface area contributed by atoms with Gasteiger partial charge in [-0.05, 0) is 30.7 Å². The van der Waals surface area contributed by atoms with Gasteiger partial charge in [0, 0.05) is 44.3 Å². The third-order valence-electron chi connectivity index (χ3n) is 4.03. The average molecular weight is 291 g/mol. The highest BCUT2D eigenvalue weighted by Gasteiger charge is 2.22. The number of nitrogens with two attached hydrogens (primary N) is 1. The number of carbonyl (C=O) groups excluding carboxylic acids is 1. The van der Waals surface area contributed by atoms with Crippen molar-refractivity contribution in [2.24, 2.45) is 5.73 Å². The van der Waals surface area contributed by atoms with Crippen LogP contribution in [-0.4, -0.2) is 50.1 Å². The van der Waals surface area contributed by atoms with Gasteiger partial charge in [-0.1, -0.05) is 6.92 Å². The fourth-order valence-electron chi connectivity index (χ4n) is 2.50.